The Kier molecular flexibility index (Phi) is 5.28. The Balaban J connectivity index is 2.04. The van der Waals surface area contributed by atoms with E-state index in [1.807, 2.05) is 23.8 Å². The Hall–Kier alpha value is -1.77. The van der Waals surface area contributed by atoms with Crippen molar-refractivity contribution in [2.24, 2.45) is 0 Å². The zero-order valence-corrected chi connectivity index (χ0v) is 13.6. The fourth-order valence-electron chi connectivity index (χ4n) is 1.99. The van der Waals surface area contributed by atoms with E-state index >= 15 is 0 Å². The Bertz CT molecular complexity index is 742. The highest BCUT2D eigenvalue weighted by Crippen LogP contribution is 2.21. The van der Waals surface area contributed by atoms with E-state index in [2.05, 4.69) is 4.72 Å². The molecule has 0 fully saturated rings. The largest absolute Gasteiger partial charge is 0.273 e. The number of hydrogen-bond donors (Lipinski definition) is 1. The van der Waals surface area contributed by atoms with Gasteiger partial charge in [-0.25, -0.2) is 13.1 Å². The molecule has 6 nitrogen and oxygen atoms in total. The van der Waals surface area contributed by atoms with Crippen LogP contribution in [0.2, 0.25) is 0 Å². The zero-order valence-electron chi connectivity index (χ0n) is 11.9. The van der Waals surface area contributed by atoms with Crippen molar-refractivity contribution in [3.63, 3.8) is 0 Å². The molecule has 0 radical (unpaired) electrons. The van der Waals surface area contributed by atoms with Gasteiger partial charge < -0.3 is 0 Å². The molecule has 1 heterocycles. The number of nitro groups is 1. The molecule has 1 atom stereocenters. The van der Waals surface area contributed by atoms with Crippen molar-refractivity contribution < 1.29 is 13.3 Å². The van der Waals surface area contributed by atoms with Crippen LogP contribution in [-0.2, 0) is 15.8 Å². The van der Waals surface area contributed by atoms with Crippen molar-refractivity contribution >= 4 is 27.0 Å². The molecule has 118 valence electrons. The maximum Gasteiger partial charge on any atom is 0.273 e. The van der Waals surface area contributed by atoms with Gasteiger partial charge in [0.15, 0.2) is 0 Å². The number of benzene rings is 1. The molecule has 22 heavy (non-hydrogen) atoms. The average molecular weight is 340 g/mol. The lowest BCUT2D eigenvalue weighted by Crippen LogP contribution is -2.29. The molecule has 1 N–H and O–H groups in total. The van der Waals surface area contributed by atoms with Crippen LogP contribution in [0.4, 0.5) is 5.69 Å². The second kappa shape index (κ2) is 6.99. The first kappa shape index (κ1) is 16.6. The van der Waals surface area contributed by atoms with Gasteiger partial charge in [-0.05, 0) is 28.3 Å². The molecular weight excluding hydrogens is 324 g/mol. The number of thiophene rings is 1. The Morgan fingerprint density at radius 1 is 1.32 bits per heavy atom. The fraction of sp³-hybridized carbons (Fsp3) is 0.286. The lowest BCUT2D eigenvalue weighted by atomic mass is 10.1. The van der Waals surface area contributed by atoms with E-state index < -0.39 is 20.7 Å². The van der Waals surface area contributed by atoms with E-state index in [-0.39, 0.29) is 23.7 Å². The molecule has 0 spiro atoms. The van der Waals surface area contributed by atoms with Gasteiger partial charge in [-0.15, -0.1) is 0 Å². The first-order valence-electron chi connectivity index (χ1n) is 6.61. The molecule has 0 aliphatic carbocycles. The summed E-state index contributed by atoms with van der Waals surface area (Å²) in [5.41, 5.74) is 1.07. The average Bonchev–Trinajstić information content (AvgIpc) is 2.99. The molecule has 1 aromatic heterocycles. The van der Waals surface area contributed by atoms with Gasteiger partial charge in [0.05, 0.1) is 10.7 Å². The van der Waals surface area contributed by atoms with E-state index in [9.17, 15) is 18.5 Å². The van der Waals surface area contributed by atoms with E-state index in [4.69, 9.17) is 0 Å². The zero-order chi connectivity index (χ0) is 16.2. The van der Waals surface area contributed by atoms with Crippen molar-refractivity contribution in [2.75, 3.05) is 6.54 Å². The highest BCUT2D eigenvalue weighted by Gasteiger charge is 2.20. The van der Waals surface area contributed by atoms with E-state index in [1.165, 1.54) is 18.2 Å². The molecule has 8 heteroatoms. The van der Waals surface area contributed by atoms with E-state index in [0.29, 0.717) is 0 Å². The van der Waals surface area contributed by atoms with Crippen LogP contribution in [0.3, 0.4) is 0 Å². The van der Waals surface area contributed by atoms with Crippen LogP contribution in [0, 0.1) is 10.1 Å². The van der Waals surface area contributed by atoms with Crippen LogP contribution in [0.1, 0.15) is 24.0 Å². The first-order chi connectivity index (χ1) is 10.4. The van der Waals surface area contributed by atoms with Crippen LogP contribution in [0.5, 0.6) is 0 Å². The summed E-state index contributed by atoms with van der Waals surface area (Å²) in [6.45, 7) is 2.19. The number of nitro benzene ring substituents is 1. The van der Waals surface area contributed by atoms with Crippen LogP contribution in [-0.4, -0.2) is 19.9 Å². The van der Waals surface area contributed by atoms with Crippen molar-refractivity contribution in [3.05, 3.63) is 62.3 Å². The molecule has 0 bridgehead atoms. The lowest BCUT2D eigenvalue weighted by molar-refractivity contribution is -0.385. The summed E-state index contributed by atoms with van der Waals surface area (Å²) in [4.78, 5) is 10.4. The summed E-state index contributed by atoms with van der Waals surface area (Å²) < 4.78 is 26.8. The fourth-order valence-corrected chi connectivity index (χ4v) is 4.03. The molecular formula is C14H16N2O4S2. The normalized spacial score (nSPS) is 13.0. The SMILES string of the molecule is C[C@@H](CNS(=O)(=O)Cc1ccccc1[N+](=O)[O-])c1ccsc1. The minimum absolute atomic E-state index is 0.0479. The van der Waals surface area contributed by atoms with Crippen molar-refractivity contribution in [1.29, 1.82) is 0 Å². The van der Waals surface area contributed by atoms with Gasteiger partial charge in [-0.3, -0.25) is 10.1 Å². The van der Waals surface area contributed by atoms with Gasteiger partial charge in [0.2, 0.25) is 10.0 Å². The second-order valence-corrected chi connectivity index (χ2v) is 7.54. The van der Waals surface area contributed by atoms with Crippen LogP contribution >= 0.6 is 11.3 Å². The maximum absolute atomic E-state index is 12.1. The Morgan fingerprint density at radius 3 is 2.68 bits per heavy atom. The maximum atomic E-state index is 12.1. The predicted octanol–water partition coefficient (Wildman–Crippen LogP) is 2.88. The summed E-state index contributed by atoms with van der Waals surface area (Å²) in [6.07, 6.45) is 0. The number of para-hydroxylation sites is 1. The highest BCUT2D eigenvalue weighted by atomic mass is 32.2. The van der Waals surface area contributed by atoms with Crippen molar-refractivity contribution in [3.8, 4) is 0 Å². The molecule has 0 unspecified atom stereocenters. The number of rotatable bonds is 7. The van der Waals surface area contributed by atoms with Gasteiger partial charge in [0, 0.05) is 18.2 Å². The van der Waals surface area contributed by atoms with Gasteiger partial charge in [-0.2, -0.15) is 11.3 Å². The number of nitrogens with zero attached hydrogens (tertiary/aromatic N) is 1. The highest BCUT2D eigenvalue weighted by molar-refractivity contribution is 7.88. The molecule has 0 saturated heterocycles. The summed E-state index contributed by atoms with van der Waals surface area (Å²) >= 11 is 1.56. The van der Waals surface area contributed by atoms with Crippen molar-refractivity contribution in [1.82, 2.24) is 4.72 Å². The Labute approximate surface area is 133 Å². The molecule has 0 aliphatic rings. The molecule has 2 aromatic rings. The van der Waals surface area contributed by atoms with Gasteiger partial charge in [0.1, 0.15) is 0 Å². The van der Waals surface area contributed by atoms with E-state index in [1.54, 1.807) is 17.4 Å². The minimum Gasteiger partial charge on any atom is -0.258 e. The van der Waals surface area contributed by atoms with E-state index in [0.717, 1.165) is 5.56 Å². The standard InChI is InChI=1S/C14H16N2O4S2/c1-11(12-6-7-21-9-12)8-15-22(19,20)10-13-4-2-3-5-14(13)16(17)18/h2-7,9,11,15H,8,10H2,1H3/t11-/m0/s1. The third-order valence-electron chi connectivity index (χ3n) is 3.26. The topological polar surface area (TPSA) is 89.3 Å². The Morgan fingerprint density at radius 2 is 2.05 bits per heavy atom. The molecule has 0 aliphatic heterocycles. The van der Waals surface area contributed by atoms with Crippen LogP contribution in [0.15, 0.2) is 41.1 Å². The quantitative estimate of drug-likeness (QED) is 0.620. The lowest BCUT2D eigenvalue weighted by Gasteiger charge is -2.12. The number of nitrogens with one attached hydrogen (secondary N) is 1. The number of hydrogen-bond acceptors (Lipinski definition) is 5. The van der Waals surface area contributed by atoms with Crippen LogP contribution in [0.25, 0.3) is 0 Å². The number of sulfonamides is 1. The summed E-state index contributed by atoms with van der Waals surface area (Å²) in [5.74, 6) is -0.354. The minimum atomic E-state index is -3.63. The molecule has 0 amide bonds. The third-order valence-corrected chi connectivity index (χ3v) is 5.25. The predicted molar refractivity (Wildman–Crippen MR) is 86.5 cm³/mol. The molecule has 1 aromatic carbocycles. The molecule has 0 saturated carbocycles. The summed E-state index contributed by atoms with van der Waals surface area (Å²) in [6, 6.07) is 7.82. The molecule has 2 rings (SSSR count). The first-order valence-corrected chi connectivity index (χ1v) is 9.20. The van der Waals surface area contributed by atoms with Crippen LogP contribution < -0.4 is 4.72 Å². The van der Waals surface area contributed by atoms with Gasteiger partial charge in [-0.1, -0.05) is 25.1 Å². The van der Waals surface area contributed by atoms with Gasteiger partial charge >= 0.3 is 0 Å². The van der Waals surface area contributed by atoms with Crippen molar-refractivity contribution in [2.45, 2.75) is 18.6 Å². The second-order valence-electron chi connectivity index (χ2n) is 4.95. The summed E-state index contributed by atoms with van der Waals surface area (Å²) in [7, 11) is -3.63. The third kappa shape index (κ3) is 4.36. The summed E-state index contributed by atoms with van der Waals surface area (Å²) in [5, 5.41) is 14.8. The monoisotopic (exact) mass is 340 g/mol. The van der Waals surface area contributed by atoms with Gasteiger partial charge in [0.25, 0.3) is 5.69 Å². The smallest absolute Gasteiger partial charge is 0.258 e.